The monoisotopic (exact) mass is 369 g/mol. The van der Waals surface area contributed by atoms with Crippen LogP contribution in [-0.2, 0) is 27.2 Å². The molecule has 0 aliphatic heterocycles. The predicted octanol–water partition coefficient (Wildman–Crippen LogP) is 3.26. The molecule has 2 rings (SSSR count). The largest absolute Gasteiger partial charge is 0.484 e. The number of amides is 1. The van der Waals surface area contributed by atoms with Crippen molar-refractivity contribution in [1.29, 1.82) is 0 Å². The number of esters is 1. The molecule has 0 fully saturated rings. The molecule has 0 radical (unpaired) electrons. The first-order valence-corrected chi connectivity index (χ1v) is 9.22. The van der Waals surface area contributed by atoms with Gasteiger partial charge in [-0.15, -0.1) is 0 Å². The number of ether oxygens (including phenoxy) is 2. The quantitative estimate of drug-likeness (QED) is 0.603. The van der Waals surface area contributed by atoms with Crippen molar-refractivity contribution in [3.8, 4) is 5.75 Å². The lowest BCUT2D eigenvalue weighted by molar-refractivity contribution is -0.142. The number of hydrogen-bond acceptors (Lipinski definition) is 4. The van der Waals surface area contributed by atoms with Crippen LogP contribution < -0.4 is 4.74 Å². The van der Waals surface area contributed by atoms with Crippen LogP contribution in [0.4, 0.5) is 0 Å². The van der Waals surface area contributed by atoms with Gasteiger partial charge >= 0.3 is 5.97 Å². The summed E-state index contributed by atoms with van der Waals surface area (Å²) in [7, 11) is 1.35. The maximum Gasteiger partial charge on any atom is 0.307 e. The summed E-state index contributed by atoms with van der Waals surface area (Å²) in [6.07, 6.45) is 1.80. The zero-order valence-electron chi connectivity index (χ0n) is 16.0. The Balaban J connectivity index is 1.94. The molecule has 0 aromatic heterocycles. The SMILES string of the molecule is CCc1cccc(OCC(=O)N(CCC(=O)OC)CCc2ccccc2)c1. The van der Waals surface area contributed by atoms with E-state index in [4.69, 9.17) is 4.74 Å². The third kappa shape index (κ3) is 7.13. The van der Waals surface area contributed by atoms with E-state index in [9.17, 15) is 9.59 Å². The molecule has 144 valence electrons. The highest BCUT2D eigenvalue weighted by Crippen LogP contribution is 2.14. The van der Waals surface area contributed by atoms with E-state index in [0.29, 0.717) is 18.8 Å². The highest BCUT2D eigenvalue weighted by Gasteiger charge is 2.16. The first-order valence-electron chi connectivity index (χ1n) is 9.22. The number of nitrogens with zero attached hydrogens (tertiary/aromatic N) is 1. The molecule has 27 heavy (non-hydrogen) atoms. The van der Waals surface area contributed by atoms with Crippen LogP contribution in [0.15, 0.2) is 54.6 Å². The third-order valence-electron chi connectivity index (χ3n) is 4.35. The summed E-state index contributed by atoms with van der Waals surface area (Å²) in [6.45, 7) is 2.86. The maximum atomic E-state index is 12.6. The Hall–Kier alpha value is -2.82. The summed E-state index contributed by atoms with van der Waals surface area (Å²) >= 11 is 0. The second-order valence-electron chi connectivity index (χ2n) is 6.23. The highest BCUT2D eigenvalue weighted by molar-refractivity contribution is 5.78. The molecule has 0 saturated carbocycles. The maximum absolute atomic E-state index is 12.6. The number of methoxy groups -OCH3 is 1. The molecule has 5 nitrogen and oxygen atoms in total. The Labute approximate surface area is 160 Å². The summed E-state index contributed by atoms with van der Waals surface area (Å²) in [6, 6.07) is 17.7. The summed E-state index contributed by atoms with van der Waals surface area (Å²) < 4.78 is 10.4. The summed E-state index contributed by atoms with van der Waals surface area (Å²) in [4.78, 5) is 25.8. The zero-order chi connectivity index (χ0) is 19.5. The van der Waals surface area contributed by atoms with Crippen molar-refractivity contribution in [2.75, 3.05) is 26.8 Å². The molecule has 0 atom stereocenters. The molecule has 5 heteroatoms. The van der Waals surface area contributed by atoms with Gasteiger partial charge in [0.2, 0.25) is 0 Å². The van der Waals surface area contributed by atoms with Crippen LogP contribution >= 0.6 is 0 Å². The minimum absolute atomic E-state index is 0.0525. The third-order valence-corrected chi connectivity index (χ3v) is 4.35. The van der Waals surface area contributed by atoms with Gasteiger partial charge < -0.3 is 14.4 Å². The van der Waals surface area contributed by atoms with E-state index in [-0.39, 0.29) is 24.9 Å². The van der Waals surface area contributed by atoms with Crippen molar-refractivity contribution in [3.05, 3.63) is 65.7 Å². The molecule has 1 amide bonds. The van der Waals surface area contributed by atoms with Crippen molar-refractivity contribution in [1.82, 2.24) is 4.90 Å². The van der Waals surface area contributed by atoms with Crippen molar-refractivity contribution < 1.29 is 19.1 Å². The van der Waals surface area contributed by atoms with E-state index >= 15 is 0 Å². The average Bonchev–Trinajstić information content (AvgIpc) is 2.72. The molecule has 0 aliphatic rings. The van der Waals surface area contributed by atoms with Crippen LogP contribution in [-0.4, -0.2) is 43.6 Å². The number of carbonyl (C=O) groups excluding carboxylic acids is 2. The van der Waals surface area contributed by atoms with Gasteiger partial charge in [-0.2, -0.15) is 0 Å². The fourth-order valence-corrected chi connectivity index (χ4v) is 2.69. The van der Waals surface area contributed by atoms with E-state index in [0.717, 1.165) is 24.0 Å². The first kappa shape index (κ1) is 20.5. The smallest absolute Gasteiger partial charge is 0.307 e. The van der Waals surface area contributed by atoms with Crippen molar-refractivity contribution in [2.24, 2.45) is 0 Å². The Morgan fingerprint density at radius 3 is 2.41 bits per heavy atom. The fourth-order valence-electron chi connectivity index (χ4n) is 2.69. The Morgan fingerprint density at radius 2 is 1.70 bits per heavy atom. The molecule has 0 spiro atoms. The lowest BCUT2D eigenvalue weighted by Gasteiger charge is -2.22. The van der Waals surface area contributed by atoms with Crippen LogP contribution in [0.3, 0.4) is 0 Å². The van der Waals surface area contributed by atoms with E-state index < -0.39 is 0 Å². The molecular weight excluding hydrogens is 342 g/mol. The molecule has 2 aromatic carbocycles. The van der Waals surface area contributed by atoms with Crippen molar-refractivity contribution in [2.45, 2.75) is 26.2 Å². The first-order chi connectivity index (χ1) is 13.1. The number of rotatable bonds is 10. The van der Waals surface area contributed by atoms with Gasteiger partial charge in [0, 0.05) is 13.1 Å². The fraction of sp³-hybridized carbons (Fsp3) is 0.364. The number of hydrogen-bond donors (Lipinski definition) is 0. The van der Waals surface area contributed by atoms with Crippen LogP contribution in [0, 0.1) is 0 Å². The van der Waals surface area contributed by atoms with E-state index in [1.165, 1.54) is 7.11 Å². The second kappa shape index (κ2) is 11.0. The van der Waals surface area contributed by atoms with Gasteiger partial charge in [0.15, 0.2) is 6.61 Å². The minimum atomic E-state index is -0.330. The molecule has 0 heterocycles. The molecule has 2 aromatic rings. The van der Waals surface area contributed by atoms with E-state index in [1.54, 1.807) is 4.90 Å². The molecule has 0 N–H and O–H groups in total. The van der Waals surface area contributed by atoms with Gasteiger partial charge in [0.05, 0.1) is 13.5 Å². The topological polar surface area (TPSA) is 55.8 Å². The van der Waals surface area contributed by atoms with Gasteiger partial charge in [-0.3, -0.25) is 9.59 Å². The van der Waals surface area contributed by atoms with Gasteiger partial charge in [0.25, 0.3) is 5.91 Å². The van der Waals surface area contributed by atoms with Crippen LogP contribution in [0.5, 0.6) is 5.75 Å². The van der Waals surface area contributed by atoms with E-state index in [1.807, 2.05) is 54.6 Å². The second-order valence-corrected chi connectivity index (χ2v) is 6.23. The Bertz CT molecular complexity index is 730. The van der Waals surface area contributed by atoms with Crippen LogP contribution in [0.1, 0.15) is 24.5 Å². The Kier molecular flexibility index (Phi) is 8.36. The van der Waals surface area contributed by atoms with Crippen LogP contribution in [0.25, 0.3) is 0 Å². The van der Waals surface area contributed by atoms with Gasteiger partial charge in [0.1, 0.15) is 5.75 Å². The molecular formula is C22H27NO4. The van der Waals surface area contributed by atoms with E-state index in [2.05, 4.69) is 11.7 Å². The standard InChI is InChI=1S/C22H27NO4/c1-3-18-10-7-11-20(16-18)27-17-21(24)23(15-13-22(25)26-2)14-12-19-8-5-4-6-9-19/h4-11,16H,3,12-15,17H2,1-2H3. The van der Waals surface area contributed by atoms with Gasteiger partial charge in [-0.05, 0) is 36.1 Å². The zero-order valence-corrected chi connectivity index (χ0v) is 16.0. The minimum Gasteiger partial charge on any atom is -0.484 e. The lowest BCUT2D eigenvalue weighted by Crippen LogP contribution is -2.38. The van der Waals surface area contributed by atoms with Gasteiger partial charge in [-0.25, -0.2) is 0 Å². The number of benzene rings is 2. The van der Waals surface area contributed by atoms with Gasteiger partial charge in [-0.1, -0.05) is 49.4 Å². The summed E-state index contributed by atoms with van der Waals surface area (Å²) in [5, 5.41) is 0. The molecule has 0 saturated heterocycles. The average molecular weight is 369 g/mol. The Morgan fingerprint density at radius 1 is 0.963 bits per heavy atom. The summed E-state index contributed by atoms with van der Waals surface area (Å²) in [5.74, 6) is 0.208. The lowest BCUT2D eigenvalue weighted by atomic mass is 10.1. The van der Waals surface area contributed by atoms with Crippen molar-refractivity contribution in [3.63, 3.8) is 0 Å². The molecule has 0 aliphatic carbocycles. The van der Waals surface area contributed by atoms with Crippen LogP contribution in [0.2, 0.25) is 0 Å². The number of aryl methyl sites for hydroxylation is 1. The number of carbonyl (C=O) groups is 2. The highest BCUT2D eigenvalue weighted by atomic mass is 16.5. The molecule has 0 bridgehead atoms. The molecule has 0 unspecified atom stereocenters. The summed E-state index contributed by atoms with van der Waals surface area (Å²) in [5.41, 5.74) is 2.30. The van der Waals surface area contributed by atoms with Crippen molar-refractivity contribution >= 4 is 11.9 Å². The normalized spacial score (nSPS) is 10.3. The predicted molar refractivity (Wildman–Crippen MR) is 105 cm³/mol.